The van der Waals surface area contributed by atoms with Crippen molar-refractivity contribution >= 4 is 39.6 Å². The van der Waals surface area contributed by atoms with Gasteiger partial charge in [-0.3, -0.25) is 0 Å². The summed E-state index contributed by atoms with van der Waals surface area (Å²) in [6.45, 7) is 1.37. The van der Waals surface area contributed by atoms with Gasteiger partial charge in [-0.05, 0) is 12.1 Å². The molecule has 132 valence electrons. The van der Waals surface area contributed by atoms with Crippen LogP contribution in [0.25, 0.3) is 10.6 Å². The summed E-state index contributed by atoms with van der Waals surface area (Å²) in [4.78, 5) is 4.71. The summed E-state index contributed by atoms with van der Waals surface area (Å²) in [5.74, 6) is 1.60. The molecule has 0 aliphatic rings. The molecule has 6 nitrogen and oxygen atoms in total. The van der Waals surface area contributed by atoms with E-state index in [4.69, 9.17) is 14.5 Å². The molecule has 3 aromatic rings. The third kappa shape index (κ3) is 4.91. The molecule has 2 heterocycles. The zero-order valence-corrected chi connectivity index (χ0v) is 16.3. The van der Waals surface area contributed by atoms with Gasteiger partial charge in [0.2, 0.25) is 5.13 Å². The fraction of sp³-hybridized carbons (Fsp3) is 0.312. The smallest absolute Gasteiger partial charge is 0.206 e. The van der Waals surface area contributed by atoms with Crippen LogP contribution in [-0.4, -0.2) is 42.6 Å². The zero-order chi connectivity index (χ0) is 17.5. The predicted octanol–water partition coefficient (Wildman–Crippen LogP) is 4.02. The Bertz CT molecular complexity index is 806. The van der Waals surface area contributed by atoms with Crippen molar-refractivity contribution in [1.29, 1.82) is 0 Å². The summed E-state index contributed by atoms with van der Waals surface area (Å²) in [5, 5.41) is 15.3. The zero-order valence-electron chi connectivity index (χ0n) is 13.9. The number of thioether (sulfide) groups is 1. The topological polar surface area (TPSA) is 69.2 Å². The lowest BCUT2D eigenvalue weighted by Crippen LogP contribution is -2.06. The molecule has 0 aliphatic heterocycles. The fourth-order valence-corrected chi connectivity index (χ4v) is 4.68. The van der Waals surface area contributed by atoms with Crippen molar-refractivity contribution in [2.45, 2.75) is 10.1 Å². The summed E-state index contributed by atoms with van der Waals surface area (Å²) in [5.41, 5.74) is 2.05. The van der Waals surface area contributed by atoms with Gasteiger partial charge >= 0.3 is 0 Å². The molecule has 9 heteroatoms. The Morgan fingerprint density at radius 1 is 1.20 bits per heavy atom. The molecule has 3 rings (SSSR count). The Kier molecular flexibility index (Phi) is 6.62. The first-order valence-corrected chi connectivity index (χ1v) is 10.2. The lowest BCUT2D eigenvalue weighted by molar-refractivity contribution is 0.211. The molecule has 2 aromatic heterocycles. The molecule has 0 saturated heterocycles. The summed E-state index contributed by atoms with van der Waals surface area (Å²) in [6.07, 6.45) is 0. The second-order valence-corrected chi connectivity index (χ2v) is 7.98. The minimum Gasteiger partial charge on any atom is -0.496 e. The predicted molar refractivity (Wildman–Crippen MR) is 104 cm³/mol. The number of methoxy groups -OCH3 is 2. The third-order valence-corrected chi connectivity index (χ3v) is 6.19. The number of nitrogens with one attached hydrogen (secondary N) is 1. The van der Waals surface area contributed by atoms with Crippen LogP contribution < -0.4 is 10.1 Å². The first-order valence-electron chi connectivity index (χ1n) is 7.57. The van der Waals surface area contributed by atoms with Gasteiger partial charge in [-0.25, -0.2) is 4.98 Å². The first kappa shape index (κ1) is 18.1. The van der Waals surface area contributed by atoms with Crippen LogP contribution in [0.1, 0.15) is 5.69 Å². The van der Waals surface area contributed by atoms with E-state index in [1.165, 1.54) is 0 Å². The largest absolute Gasteiger partial charge is 0.496 e. The van der Waals surface area contributed by atoms with Crippen LogP contribution in [0.15, 0.2) is 34.0 Å². The van der Waals surface area contributed by atoms with Crippen molar-refractivity contribution in [2.75, 3.05) is 32.7 Å². The van der Waals surface area contributed by atoms with E-state index in [0.29, 0.717) is 6.61 Å². The van der Waals surface area contributed by atoms with Crippen molar-refractivity contribution in [1.82, 2.24) is 15.2 Å². The van der Waals surface area contributed by atoms with E-state index in [1.807, 2.05) is 24.3 Å². The molecule has 0 amide bonds. The maximum Gasteiger partial charge on any atom is 0.206 e. The number of aromatic nitrogens is 3. The van der Waals surface area contributed by atoms with E-state index in [0.717, 1.165) is 43.8 Å². The van der Waals surface area contributed by atoms with Crippen molar-refractivity contribution < 1.29 is 9.47 Å². The molecule has 25 heavy (non-hydrogen) atoms. The van der Waals surface area contributed by atoms with Crippen molar-refractivity contribution in [3.8, 4) is 16.3 Å². The van der Waals surface area contributed by atoms with Crippen LogP contribution in [0.2, 0.25) is 0 Å². The van der Waals surface area contributed by atoms with Crippen LogP contribution in [0.3, 0.4) is 0 Å². The normalized spacial score (nSPS) is 10.8. The molecule has 0 unspecified atom stereocenters. The summed E-state index contributed by atoms with van der Waals surface area (Å²) < 4.78 is 11.3. The van der Waals surface area contributed by atoms with E-state index in [1.54, 1.807) is 48.7 Å². The minimum atomic E-state index is 0.645. The lowest BCUT2D eigenvalue weighted by atomic mass is 10.2. The molecule has 0 atom stereocenters. The molecule has 0 bridgehead atoms. The highest BCUT2D eigenvalue weighted by molar-refractivity contribution is 8.00. The van der Waals surface area contributed by atoms with Gasteiger partial charge in [0, 0.05) is 24.8 Å². The Morgan fingerprint density at radius 2 is 2.08 bits per heavy atom. The highest BCUT2D eigenvalue weighted by Crippen LogP contribution is 2.34. The maximum atomic E-state index is 5.41. The quantitative estimate of drug-likeness (QED) is 0.434. The van der Waals surface area contributed by atoms with Gasteiger partial charge in [0.1, 0.15) is 10.8 Å². The average Bonchev–Trinajstić information content (AvgIpc) is 3.29. The molecular formula is C16H18N4O2S3. The number of ether oxygens (including phenoxy) is 2. The van der Waals surface area contributed by atoms with Gasteiger partial charge in [-0.15, -0.1) is 21.5 Å². The van der Waals surface area contributed by atoms with Gasteiger partial charge in [0.15, 0.2) is 4.34 Å². The maximum absolute atomic E-state index is 5.41. The molecule has 0 saturated carbocycles. The summed E-state index contributed by atoms with van der Waals surface area (Å²) in [6, 6.07) is 7.93. The second-order valence-electron chi connectivity index (χ2n) is 4.93. The van der Waals surface area contributed by atoms with Crippen LogP contribution in [0, 0.1) is 0 Å². The van der Waals surface area contributed by atoms with Crippen molar-refractivity contribution in [3.63, 3.8) is 0 Å². The molecule has 0 aliphatic carbocycles. The minimum absolute atomic E-state index is 0.645. The van der Waals surface area contributed by atoms with E-state index in [2.05, 4.69) is 20.9 Å². The van der Waals surface area contributed by atoms with Crippen LogP contribution in [0.5, 0.6) is 5.75 Å². The second kappa shape index (κ2) is 9.14. The Morgan fingerprint density at radius 3 is 2.92 bits per heavy atom. The Balaban J connectivity index is 1.59. The van der Waals surface area contributed by atoms with Gasteiger partial charge in [0.25, 0.3) is 0 Å². The number of benzene rings is 1. The third-order valence-electron chi connectivity index (χ3n) is 3.22. The highest BCUT2D eigenvalue weighted by Gasteiger charge is 2.11. The number of thiazole rings is 1. The monoisotopic (exact) mass is 394 g/mol. The molecular weight excluding hydrogens is 376 g/mol. The summed E-state index contributed by atoms with van der Waals surface area (Å²) >= 11 is 4.80. The number of para-hydroxylation sites is 1. The van der Waals surface area contributed by atoms with E-state index in [-0.39, 0.29) is 0 Å². The molecule has 1 N–H and O–H groups in total. The van der Waals surface area contributed by atoms with Gasteiger partial charge in [0.05, 0.1) is 25.0 Å². The number of hydrogen-bond donors (Lipinski definition) is 1. The number of hydrogen-bond acceptors (Lipinski definition) is 9. The highest BCUT2D eigenvalue weighted by atomic mass is 32.2. The van der Waals surface area contributed by atoms with E-state index < -0.39 is 0 Å². The van der Waals surface area contributed by atoms with Gasteiger partial charge < -0.3 is 14.8 Å². The first-order chi connectivity index (χ1) is 12.3. The summed E-state index contributed by atoms with van der Waals surface area (Å²) in [7, 11) is 3.35. The number of nitrogens with zero attached hydrogens (tertiary/aromatic N) is 3. The molecule has 0 radical (unpaired) electrons. The number of rotatable bonds is 9. The van der Waals surface area contributed by atoms with Crippen molar-refractivity contribution in [3.05, 3.63) is 35.3 Å². The van der Waals surface area contributed by atoms with E-state index in [9.17, 15) is 0 Å². The number of anilines is 1. The lowest BCUT2D eigenvalue weighted by Gasteiger charge is -2.04. The molecule has 1 aromatic carbocycles. The Labute approximate surface area is 158 Å². The average molecular weight is 395 g/mol. The van der Waals surface area contributed by atoms with Crippen LogP contribution in [-0.2, 0) is 10.5 Å². The fourth-order valence-electron chi connectivity index (χ4n) is 2.05. The van der Waals surface area contributed by atoms with E-state index >= 15 is 0 Å². The Hall–Kier alpha value is -1.68. The molecule has 0 fully saturated rings. The molecule has 0 spiro atoms. The SMILES string of the molecule is COCCNc1nnc(SCc2csc(-c3ccccc3OC)n2)s1. The van der Waals surface area contributed by atoms with Crippen molar-refractivity contribution in [2.24, 2.45) is 0 Å². The van der Waals surface area contributed by atoms with Crippen LogP contribution in [0.4, 0.5) is 5.13 Å². The van der Waals surface area contributed by atoms with Crippen LogP contribution >= 0.6 is 34.4 Å². The van der Waals surface area contributed by atoms with Gasteiger partial charge in [-0.1, -0.05) is 35.2 Å². The van der Waals surface area contributed by atoms with Gasteiger partial charge in [-0.2, -0.15) is 0 Å². The standard InChI is InChI=1S/C16H18N4O2S3/c1-21-8-7-17-15-19-20-16(25-15)24-10-11-9-23-14(18-11)12-5-3-4-6-13(12)22-2/h3-6,9H,7-8,10H2,1-2H3,(H,17,19).